The van der Waals surface area contributed by atoms with Gasteiger partial charge in [-0.1, -0.05) is 0 Å². The molecule has 0 radical (unpaired) electrons. The highest BCUT2D eigenvalue weighted by Crippen LogP contribution is 2.37. The van der Waals surface area contributed by atoms with E-state index >= 15 is 0 Å². The van der Waals surface area contributed by atoms with Gasteiger partial charge in [-0.15, -0.1) is 11.3 Å². The summed E-state index contributed by atoms with van der Waals surface area (Å²) in [7, 11) is 0. The highest BCUT2D eigenvalue weighted by molar-refractivity contribution is 7.09. The molecule has 0 spiro atoms. The molecule has 0 aliphatic carbocycles. The number of hydrogen-bond acceptors (Lipinski definition) is 6. The van der Waals surface area contributed by atoms with Gasteiger partial charge in [0.25, 0.3) is 0 Å². The first-order chi connectivity index (χ1) is 10.8. The molecule has 1 aliphatic rings. The molecule has 22 heavy (non-hydrogen) atoms. The van der Waals surface area contributed by atoms with Crippen LogP contribution in [0, 0.1) is 6.92 Å². The zero-order valence-corrected chi connectivity index (χ0v) is 13.0. The van der Waals surface area contributed by atoms with Crippen molar-refractivity contribution in [3.8, 4) is 5.95 Å². The lowest BCUT2D eigenvalue weighted by atomic mass is 9.98. The molecule has 4 rings (SSSR count). The molecule has 2 atom stereocenters. The molecule has 1 N–H and O–H groups in total. The van der Waals surface area contributed by atoms with E-state index in [1.165, 1.54) is 5.01 Å². The summed E-state index contributed by atoms with van der Waals surface area (Å²) in [5.74, 6) is 1.05. The predicted octanol–water partition coefficient (Wildman–Crippen LogP) is 2.25. The summed E-state index contributed by atoms with van der Waals surface area (Å²) in [5.41, 5.74) is 1.98. The summed E-state index contributed by atoms with van der Waals surface area (Å²) in [5, 5.41) is 6.77. The lowest BCUT2D eigenvalue weighted by Crippen LogP contribution is -2.19. The largest absolute Gasteiger partial charge is 0.308 e. The van der Waals surface area contributed by atoms with Crippen molar-refractivity contribution in [3.05, 3.63) is 52.8 Å². The fourth-order valence-electron chi connectivity index (χ4n) is 2.93. The van der Waals surface area contributed by atoms with E-state index in [4.69, 9.17) is 4.98 Å². The van der Waals surface area contributed by atoms with E-state index in [2.05, 4.69) is 26.3 Å². The van der Waals surface area contributed by atoms with E-state index < -0.39 is 0 Å². The summed E-state index contributed by atoms with van der Waals surface area (Å²) in [6, 6.07) is 2.25. The van der Waals surface area contributed by atoms with Gasteiger partial charge in [0.2, 0.25) is 5.95 Å². The van der Waals surface area contributed by atoms with Crippen molar-refractivity contribution in [3.63, 3.8) is 0 Å². The Kier molecular flexibility index (Phi) is 3.44. The average molecular weight is 312 g/mol. The van der Waals surface area contributed by atoms with Crippen LogP contribution in [0.25, 0.3) is 5.95 Å². The number of imidazole rings is 1. The summed E-state index contributed by atoms with van der Waals surface area (Å²) >= 11 is 1.72. The van der Waals surface area contributed by atoms with Crippen LogP contribution in [0.5, 0.6) is 0 Å². The van der Waals surface area contributed by atoms with Gasteiger partial charge in [-0.25, -0.2) is 19.9 Å². The van der Waals surface area contributed by atoms with Crippen LogP contribution in [0.1, 0.15) is 34.8 Å². The van der Waals surface area contributed by atoms with Gasteiger partial charge < -0.3 is 5.32 Å². The SMILES string of the molecule is Cc1cc(C2NCCC2c2nccs2)nc(-n2ccnc2)n1. The van der Waals surface area contributed by atoms with Crippen molar-refractivity contribution in [1.29, 1.82) is 0 Å². The second-order valence-electron chi connectivity index (χ2n) is 5.40. The molecular formula is C15H16N6S. The maximum Gasteiger partial charge on any atom is 0.235 e. The highest BCUT2D eigenvalue weighted by atomic mass is 32.1. The van der Waals surface area contributed by atoms with Crippen LogP contribution in [0.2, 0.25) is 0 Å². The summed E-state index contributed by atoms with van der Waals surface area (Å²) in [6.45, 7) is 2.98. The van der Waals surface area contributed by atoms with E-state index in [1.54, 1.807) is 23.9 Å². The molecule has 112 valence electrons. The molecule has 6 nitrogen and oxygen atoms in total. The van der Waals surface area contributed by atoms with Crippen molar-refractivity contribution >= 4 is 11.3 Å². The lowest BCUT2D eigenvalue weighted by Gasteiger charge is -2.18. The van der Waals surface area contributed by atoms with Gasteiger partial charge in [-0.2, -0.15) is 0 Å². The average Bonchev–Trinajstić information content (AvgIpc) is 3.26. The molecule has 1 saturated heterocycles. The van der Waals surface area contributed by atoms with Crippen molar-refractivity contribution in [1.82, 2.24) is 29.8 Å². The van der Waals surface area contributed by atoms with Gasteiger partial charge in [-0.3, -0.25) is 4.57 Å². The minimum absolute atomic E-state index is 0.190. The Bertz CT molecular complexity index is 752. The third-order valence-electron chi connectivity index (χ3n) is 3.91. The topological polar surface area (TPSA) is 68.5 Å². The third-order valence-corrected chi connectivity index (χ3v) is 4.81. The fraction of sp³-hybridized carbons (Fsp3) is 0.333. The van der Waals surface area contributed by atoms with Crippen LogP contribution in [0.3, 0.4) is 0 Å². The number of nitrogens with one attached hydrogen (secondary N) is 1. The van der Waals surface area contributed by atoms with Crippen LogP contribution >= 0.6 is 11.3 Å². The predicted molar refractivity (Wildman–Crippen MR) is 84.1 cm³/mol. The lowest BCUT2D eigenvalue weighted by molar-refractivity contribution is 0.556. The molecule has 0 aromatic carbocycles. The normalized spacial score (nSPS) is 21.3. The molecule has 4 heterocycles. The molecule has 0 bridgehead atoms. The first kappa shape index (κ1) is 13.5. The molecule has 7 heteroatoms. The van der Waals surface area contributed by atoms with E-state index in [0.29, 0.717) is 11.9 Å². The standard InChI is InChI=1S/C15H16N6S/c1-10-8-12(20-15(19-10)21-6-4-16-9-21)13-11(2-3-17-13)14-18-5-7-22-14/h4-9,11,13,17H,2-3H2,1H3. The Balaban J connectivity index is 1.73. The van der Waals surface area contributed by atoms with Crippen LogP contribution in [0.15, 0.2) is 36.4 Å². The van der Waals surface area contributed by atoms with Crippen LogP contribution in [-0.4, -0.2) is 31.0 Å². The fourth-order valence-corrected chi connectivity index (χ4v) is 3.74. The van der Waals surface area contributed by atoms with Gasteiger partial charge >= 0.3 is 0 Å². The van der Waals surface area contributed by atoms with Crippen LogP contribution in [0.4, 0.5) is 0 Å². The van der Waals surface area contributed by atoms with Crippen LogP contribution < -0.4 is 5.32 Å². The van der Waals surface area contributed by atoms with Gasteiger partial charge in [-0.05, 0) is 26.0 Å². The number of aryl methyl sites for hydroxylation is 1. The number of rotatable bonds is 3. The second kappa shape index (κ2) is 5.58. The molecule has 3 aromatic rings. The highest BCUT2D eigenvalue weighted by Gasteiger charge is 2.32. The number of hydrogen-bond donors (Lipinski definition) is 1. The van der Waals surface area contributed by atoms with E-state index in [1.807, 2.05) is 29.3 Å². The molecule has 0 amide bonds. The van der Waals surface area contributed by atoms with Crippen LogP contribution in [-0.2, 0) is 0 Å². The Hall–Kier alpha value is -2.12. The van der Waals surface area contributed by atoms with E-state index in [-0.39, 0.29) is 6.04 Å². The summed E-state index contributed by atoms with van der Waals surface area (Å²) in [6.07, 6.45) is 8.27. The first-order valence-electron chi connectivity index (χ1n) is 7.28. The van der Waals surface area contributed by atoms with Crippen molar-refractivity contribution < 1.29 is 0 Å². The molecular weight excluding hydrogens is 296 g/mol. The minimum atomic E-state index is 0.190. The summed E-state index contributed by atoms with van der Waals surface area (Å²) in [4.78, 5) is 17.8. The Morgan fingerprint density at radius 1 is 1.32 bits per heavy atom. The maximum absolute atomic E-state index is 4.74. The van der Waals surface area contributed by atoms with Gasteiger partial charge in [0.05, 0.1) is 16.7 Å². The number of nitrogens with zero attached hydrogens (tertiary/aromatic N) is 5. The molecule has 0 saturated carbocycles. The van der Waals surface area contributed by atoms with Gasteiger partial charge in [0.15, 0.2) is 0 Å². The van der Waals surface area contributed by atoms with E-state index in [9.17, 15) is 0 Å². The molecule has 1 fully saturated rings. The quantitative estimate of drug-likeness (QED) is 0.803. The Labute approximate surface area is 132 Å². The molecule has 1 aliphatic heterocycles. The Morgan fingerprint density at radius 2 is 2.27 bits per heavy atom. The monoisotopic (exact) mass is 312 g/mol. The molecule has 2 unspecified atom stereocenters. The third kappa shape index (κ3) is 2.42. The number of aromatic nitrogens is 5. The smallest absolute Gasteiger partial charge is 0.235 e. The van der Waals surface area contributed by atoms with Crippen molar-refractivity contribution in [2.45, 2.75) is 25.3 Å². The summed E-state index contributed by atoms with van der Waals surface area (Å²) < 4.78 is 1.84. The molecule has 3 aromatic heterocycles. The zero-order chi connectivity index (χ0) is 14.9. The van der Waals surface area contributed by atoms with E-state index in [0.717, 1.165) is 24.4 Å². The first-order valence-corrected chi connectivity index (χ1v) is 8.16. The maximum atomic E-state index is 4.74. The van der Waals surface area contributed by atoms with Gasteiger partial charge in [0.1, 0.15) is 6.33 Å². The van der Waals surface area contributed by atoms with Crippen molar-refractivity contribution in [2.75, 3.05) is 6.54 Å². The second-order valence-corrected chi connectivity index (χ2v) is 6.33. The zero-order valence-electron chi connectivity index (χ0n) is 12.2. The number of thiazole rings is 1. The Morgan fingerprint density at radius 3 is 3.05 bits per heavy atom. The van der Waals surface area contributed by atoms with Gasteiger partial charge in [0, 0.05) is 35.6 Å². The minimum Gasteiger partial charge on any atom is -0.308 e. The van der Waals surface area contributed by atoms with Crippen molar-refractivity contribution in [2.24, 2.45) is 0 Å².